The molecule has 3 heterocycles. The normalized spacial score (nSPS) is 15.0. The average molecular weight is 675 g/mol. The van der Waals surface area contributed by atoms with Crippen LogP contribution in [0.3, 0.4) is 0 Å². The van der Waals surface area contributed by atoms with Crippen LogP contribution in [0.5, 0.6) is 5.75 Å². The smallest absolute Gasteiger partial charge is 0.338 e. The molecule has 1 atom stereocenters. The maximum atomic E-state index is 14.3. The summed E-state index contributed by atoms with van der Waals surface area (Å²) in [5, 5.41) is 2.19. The number of carbonyl (C=O) groups is 1. The molecule has 0 amide bonds. The summed E-state index contributed by atoms with van der Waals surface area (Å²) in [5.41, 5.74) is 5.25. The highest BCUT2D eigenvalue weighted by Crippen LogP contribution is 2.33. The number of carbonyl (C=O) groups excluding carboxylic acids is 1. The topological polar surface area (TPSA) is 74.8 Å². The fourth-order valence-electron chi connectivity index (χ4n) is 5.88. The average Bonchev–Trinajstić information content (AvgIpc) is 3.46. The van der Waals surface area contributed by atoms with E-state index in [1.165, 1.54) is 11.3 Å². The Morgan fingerprint density at radius 3 is 2.50 bits per heavy atom. The third-order valence-electron chi connectivity index (χ3n) is 7.99. The lowest BCUT2D eigenvalue weighted by Crippen LogP contribution is -2.40. The van der Waals surface area contributed by atoms with Gasteiger partial charge in [-0.1, -0.05) is 70.9 Å². The predicted octanol–water partition coefficient (Wildman–Crippen LogP) is 7.20. The number of allylic oxidation sites excluding steroid dienone is 1. The summed E-state index contributed by atoms with van der Waals surface area (Å²) in [6.45, 7) is 10.4. The summed E-state index contributed by atoms with van der Waals surface area (Å²) in [7, 11) is 0. The number of esters is 1. The van der Waals surface area contributed by atoms with E-state index in [0.717, 1.165) is 33.3 Å². The molecule has 0 unspecified atom stereocenters. The van der Waals surface area contributed by atoms with Crippen LogP contribution < -0.4 is 19.6 Å². The Labute approximate surface area is 280 Å². The number of rotatable bonds is 8. The zero-order chi connectivity index (χ0) is 32.7. The first kappa shape index (κ1) is 31.9. The molecule has 1 aliphatic rings. The number of hydrogen-bond acceptors (Lipinski definition) is 6. The number of aromatic nitrogens is 2. The van der Waals surface area contributed by atoms with Gasteiger partial charge >= 0.3 is 5.97 Å². The Bertz CT molecular complexity index is 2190. The molecule has 46 heavy (non-hydrogen) atoms. The quantitative estimate of drug-likeness (QED) is 0.163. The maximum absolute atomic E-state index is 14.3. The van der Waals surface area contributed by atoms with E-state index in [0.29, 0.717) is 49.6 Å². The Balaban J connectivity index is 1.52. The van der Waals surface area contributed by atoms with Crippen molar-refractivity contribution >= 4 is 57.5 Å². The van der Waals surface area contributed by atoms with Crippen LogP contribution in [-0.4, -0.2) is 27.8 Å². The van der Waals surface area contributed by atoms with E-state index < -0.39 is 12.0 Å². The first-order chi connectivity index (χ1) is 22.1. The molecule has 236 valence electrons. The predicted molar refractivity (Wildman–Crippen MR) is 185 cm³/mol. The number of halogens is 2. The first-order valence-corrected chi connectivity index (χ1v) is 16.6. The zero-order valence-corrected chi connectivity index (χ0v) is 28.5. The second-order valence-corrected chi connectivity index (χ2v) is 13.2. The molecule has 10 heteroatoms. The van der Waals surface area contributed by atoms with Crippen LogP contribution in [0.1, 0.15) is 56.1 Å². The molecule has 0 saturated heterocycles. The molecule has 7 nitrogen and oxygen atoms in total. The third-order valence-corrected chi connectivity index (χ3v) is 9.56. The van der Waals surface area contributed by atoms with Gasteiger partial charge in [0.15, 0.2) is 4.80 Å². The van der Waals surface area contributed by atoms with Crippen LogP contribution >= 0.6 is 34.5 Å². The van der Waals surface area contributed by atoms with E-state index in [2.05, 4.69) is 16.7 Å². The number of fused-ring (bicyclic) bond motifs is 2. The lowest BCUT2D eigenvalue weighted by Gasteiger charge is -2.25. The molecule has 5 aromatic rings. The summed E-state index contributed by atoms with van der Waals surface area (Å²) in [6, 6.07) is 20.4. The van der Waals surface area contributed by atoms with E-state index >= 15 is 0 Å². The van der Waals surface area contributed by atoms with Crippen LogP contribution in [0.25, 0.3) is 17.0 Å². The van der Waals surface area contributed by atoms with Gasteiger partial charge in [0, 0.05) is 38.8 Å². The van der Waals surface area contributed by atoms with Crippen molar-refractivity contribution in [3.05, 3.63) is 130 Å². The number of hydrogen-bond donors (Lipinski definition) is 0. The highest BCUT2D eigenvalue weighted by Gasteiger charge is 2.34. The van der Waals surface area contributed by atoms with Crippen molar-refractivity contribution in [1.82, 2.24) is 9.13 Å². The molecule has 3 aromatic carbocycles. The summed E-state index contributed by atoms with van der Waals surface area (Å²) in [6.07, 6.45) is 1.60. The van der Waals surface area contributed by atoms with Gasteiger partial charge in [0.1, 0.15) is 5.75 Å². The van der Waals surface area contributed by atoms with Gasteiger partial charge in [-0.15, -0.1) is 0 Å². The number of thiazole rings is 1. The third kappa shape index (κ3) is 5.93. The molecular formula is C36H33Cl2N3O4S. The molecule has 0 radical (unpaired) electrons. The molecule has 0 spiro atoms. The molecule has 0 bridgehead atoms. The fourth-order valence-corrected chi connectivity index (χ4v) is 7.38. The van der Waals surface area contributed by atoms with E-state index in [1.54, 1.807) is 31.4 Å². The molecule has 0 fully saturated rings. The van der Waals surface area contributed by atoms with Crippen molar-refractivity contribution in [1.29, 1.82) is 0 Å². The Morgan fingerprint density at radius 1 is 1.07 bits per heavy atom. The van der Waals surface area contributed by atoms with Crippen molar-refractivity contribution in [2.75, 3.05) is 6.61 Å². The van der Waals surface area contributed by atoms with E-state index in [4.69, 9.17) is 37.7 Å². The van der Waals surface area contributed by atoms with Gasteiger partial charge in [-0.05, 0) is 82.2 Å². The van der Waals surface area contributed by atoms with Crippen LogP contribution in [0.15, 0.2) is 87.8 Å². The zero-order valence-electron chi connectivity index (χ0n) is 26.1. The van der Waals surface area contributed by atoms with Crippen molar-refractivity contribution in [2.24, 2.45) is 4.99 Å². The van der Waals surface area contributed by atoms with Gasteiger partial charge in [-0.3, -0.25) is 9.36 Å². The van der Waals surface area contributed by atoms with Gasteiger partial charge in [-0.25, -0.2) is 9.79 Å². The Hall–Kier alpha value is -4.11. The number of benzene rings is 3. The van der Waals surface area contributed by atoms with Gasteiger partial charge in [-0.2, -0.15) is 0 Å². The molecule has 0 saturated carbocycles. The van der Waals surface area contributed by atoms with Crippen molar-refractivity contribution in [2.45, 2.75) is 53.3 Å². The first-order valence-electron chi connectivity index (χ1n) is 15.0. The summed E-state index contributed by atoms with van der Waals surface area (Å²) in [5.74, 6) is 0.210. The van der Waals surface area contributed by atoms with Crippen LogP contribution in [0.2, 0.25) is 10.0 Å². The summed E-state index contributed by atoms with van der Waals surface area (Å²) >= 11 is 14.0. The monoisotopic (exact) mass is 673 g/mol. The van der Waals surface area contributed by atoms with Crippen LogP contribution in [-0.2, 0) is 16.1 Å². The second kappa shape index (κ2) is 12.9. The minimum atomic E-state index is -0.713. The molecule has 6 rings (SSSR count). The Kier molecular flexibility index (Phi) is 8.97. The maximum Gasteiger partial charge on any atom is 0.338 e. The van der Waals surface area contributed by atoms with E-state index in [9.17, 15) is 9.59 Å². The number of nitrogens with zero attached hydrogens (tertiary/aromatic N) is 3. The van der Waals surface area contributed by atoms with Crippen molar-refractivity contribution in [3.8, 4) is 5.75 Å². The largest absolute Gasteiger partial charge is 0.494 e. The lowest BCUT2D eigenvalue weighted by molar-refractivity contribution is -0.143. The van der Waals surface area contributed by atoms with E-state index in [1.807, 2.05) is 68.5 Å². The fraction of sp³-hybridized carbons (Fsp3) is 0.250. The molecular weight excluding hydrogens is 641 g/mol. The Morgan fingerprint density at radius 2 is 1.80 bits per heavy atom. The second-order valence-electron chi connectivity index (χ2n) is 11.4. The van der Waals surface area contributed by atoms with Crippen molar-refractivity contribution in [3.63, 3.8) is 0 Å². The highest BCUT2D eigenvalue weighted by atomic mass is 35.5. The highest BCUT2D eigenvalue weighted by molar-refractivity contribution is 7.07. The number of ether oxygens (including phenoxy) is 2. The van der Waals surface area contributed by atoms with Gasteiger partial charge in [0.2, 0.25) is 0 Å². The summed E-state index contributed by atoms with van der Waals surface area (Å²) in [4.78, 5) is 33.1. The van der Waals surface area contributed by atoms with Crippen LogP contribution in [0, 0.1) is 6.92 Å². The van der Waals surface area contributed by atoms with Gasteiger partial charge in [0.05, 0.1) is 34.6 Å². The molecule has 0 N–H and O–H groups in total. The minimum absolute atomic E-state index is 0.234. The van der Waals surface area contributed by atoms with Crippen LogP contribution in [0.4, 0.5) is 0 Å². The lowest BCUT2D eigenvalue weighted by atomic mass is 9.96. The van der Waals surface area contributed by atoms with E-state index in [-0.39, 0.29) is 11.7 Å². The number of para-hydroxylation sites is 1. The molecule has 0 aliphatic carbocycles. The standard InChI is InChI=1S/C36H33Cl2N3O4S/c1-6-44-26-15-12-23(13-16-26)33-32(35(43)45-20(2)3)21(4)39-36-41(33)34(42)31(46-36)18-28-22(5)40(30-10-8-7-9-27(28)30)19-24-11-14-25(37)17-29(24)38/h7-18,20,33H,6,19H2,1-5H3/b31-18+/t33-/m1/s1. The van der Waals surface area contributed by atoms with Gasteiger partial charge in [0.25, 0.3) is 5.56 Å². The van der Waals surface area contributed by atoms with Crippen molar-refractivity contribution < 1.29 is 14.3 Å². The SMILES string of the molecule is CCOc1ccc([C@@H]2C(C(=O)OC(C)C)=C(C)N=c3s/c(=C/c4c(C)n(Cc5ccc(Cl)cc5Cl)c5ccccc45)c(=O)n32)cc1. The molecule has 1 aliphatic heterocycles. The van der Waals surface area contributed by atoms with Gasteiger partial charge < -0.3 is 14.0 Å². The minimum Gasteiger partial charge on any atom is -0.494 e. The molecule has 2 aromatic heterocycles. The summed E-state index contributed by atoms with van der Waals surface area (Å²) < 4.78 is 15.6.